The van der Waals surface area contributed by atoms with E-state index in [0.717, 1.165) is 22.2 Å². The van der Waals surface area contributed by atoms with Crippen LogP contribution in [0.25, 0.3) is 10.9 Å². The van der Waals surface area contributed by atoms with Crippen molar-refractivity contribution in [2.75, 3.05) is 6.54 Å². The minimum absolute atomic E-state index is 0.251. The zero-order valence-corrected chi connectivity index (χ0v) is 24.7. The highest BCUT2D eigenvalue weighted by Crippen LogP contribution is 2.37. The Hall–Kier alpha value is -4.67. The van der Waals surface area contributed by atoms with Gasteiger partial charge in [-0.3, -0.25) is 19.9 Å². The van der Waals surface area contributed by atoms with Crippen molar-refractivity contribution in [1.82, 2.24) is 25.8 Å². The van der Waals surface area contributed by atoms with Crippen LogP contribution < -0.4 is 20.7 Å². The minimum atomic E-state index is -1.000. The highest BCUT2D eigenvalue weighted by Gasteiger charge is 2.46. The van der Waals surface area contributed by atoms with Gasteiger partial charge in [-0.2, -0.15) is 0 Å². The smallest absolute Gasteiger partial charge is 0.407 e. The van der Waals surface area contributed by atoms with Gasteiger partial charge in [0, 0.05) is 34.8 Å². The lowest BCUT2D eigenvalue weighted by Gasteiger charge is -2.47. The summed E-state index contributed by atoms with van der Waals surface area (Å²) in [6, 6.07) is 13.9. The van der Waals surface area contributed by atoms with Crippen molar-refractivity contribution in [2.45, 2.75) is 65.3 Å². The van der Waals surface area contributed by atoms with E-state index in [4.69, 9.17) is 4.74 Å². The van der Waals surface area contributed by atoms with Gasteiger partial charge in [-0.25, -0.2) is 9.59 Å². The number of likely N-dealkylation sites (tertiary alicyclic amines) is 1. The third kappa shape index (κ3) is 6.55. The van der Waals surface area contributed by atoms with Crippen LogP contribution in [0.15, 0.2) is 54.6 Å². The number of para-hydroxylation sites is 1. The van der Waals surface area contributed by atoms with E-state index in [9.17, 15) is 24.3 Å². The highest BCUT2D eigenvalue weighted by molar-refractivity contribution is 6.05. The van der Waals surface area contributed by atoms with E-state index in [2.05, 4.69) is 20.9 Å². The Morgan fingerprint density at radius 1 is 1.14 bits per heavy atom. The molecule has 3 aromatic rings. The number of piperidine rings is 1. The number of carbonyl (C=O) groups is 4. The number of carbonyl (C=O) groups excluding carboxylic acids is 3. The van der Waals surface area contributed by atoms with E-state index >= 15 is 0 Å². The van der Waals surface area contributed by atoms with Crippen LogP contribution in [0.4, 0.5) is 9.59 Å². The lowest BCUT2D eigenvalue weighted by atomic mass is 9.73. The molecule has 5 amide bonds. The van der Waals surface area contributed by atoms with Gasteiger partial charge in [0.15, 0.2) is 0 Å². The number of aryl methyl sites for hydroxylation is 1. The quantitative estimate of drug-likeness (QED) is 0.302. The Morgan fingerprint density at radius 2 is 1.86 bits per heavy atom. The molecule has 11 heteroatoms. The molecule has 0 aliphatic carbocycles. The average molecular weight is 588 g/mol. The molecule has 0 saturated carbocycles. The van der Waals surface area contributed by atoms with Gasteiger partial charge in [-0.1, -0.05) is 39.0 Å². The van der Waals surface area contributed by atoms with E-state index in [-0.39, 0.29) is 23.9 Å². The fourth-order valence-electron chi connectivity index (χ4n) is 6.14. The second kappa shape index (κ2) is 11.9. The van der Waals surface area contributed by atoms with Crippen LogP contribution >= 0.6 is 0 Å². The Morgan fingerprint density at radius 3 is 2.51 bits per heavy atom. The maximum atomic E-state index is 13.5. The SMILES string of the molecule is Cc1cc(COc2ccc(C(=O)NC(C3NC(=O)NC3=O)[C@H]3CCN(C(=O)O)[C@H](C(C)(C)C)C3)cc2)c2ccccc2n1. The van der Waals surface area contributed by atoms with Gasteiger partial charge in [0.2, 0.25) is 0 Å². The maximum Gasteiger partial charge on any atom is 0.407 e. The van der Waals surface area contributed by atoms with E-state index in [1.807, 2.05) is 58.0 Å². The Bertz CT molecular complexity index is 1550. The average Bonchev–Trinajstić information content (AvgIpc) is 3.30. The molecule has 3 heterocycles. The minimum Gasteiger partial charge on any atom is -0.489 e. The number of imide groups is 1. The number of carboxylic acid groups (broad SMARTS) is 1. The van der Waals surface area contributed by atoms with Gasteiger partial charge in [-0.05, 0) is 67.5 Å². The van der Waals surface area contributed by atoms with Gasteiger partial charge in [0.05, 0.1) is 11.6 Å². The van der Waals surface area contributed by atoms with E-state index in [1.54, 1.807) is 24.3 Å². The van der Waals surface area contributed by atoms with Crippen LogP contribution in [0.3, 0.4) is 0 Å². The highest BCUT2D eigenvalue weighted by atomic mass is 16.5. The number of ether oxygens (including phenoxy) is 1. The number of amides is 5. The lowest BCUT2D eigenvalue weighted by Crippen LogP contribution is -2.60. The summed E-state index contributed by atoms with van der Waals surface area (Å²) < 4.78 is 6.03. The zero-order valence-electron chi connectivity index (χ0n) is 24.7. The molecular formula is C32H37N5O6. The fourth-order valence-corrected chi connectivity index (χ4v) is 6.14. The summed E-state index contributed by atoms with van der Waals surface area (Å²) in [5.74, 6) is -0.595. The number of rotatable bonds is 7. The van der Waals surface area contributed by atoms with Crippen LogP contribution in [-0.2, 0) is 11.4 Å². The molecule has 2 aliphatic rings. The van der Waals surface area contributed by atoms with E-state index in [1.165, 1.54) is 4.90 Å². The second-order valence-corrected chi connectivity index (χ2v) is 12.3. The summed E-state index contributed by atoms with van der Waals surface area (Å²) in [6.45, 7) is 8.43. The number of aromatic nitrogens is 1. The first-order valence-electron chi connectivity index (χ1n) is 14.4. The molecule has 43 heavy (non-hydrogen) atoms. The molecule has 2 aromatic carbocycles. The van der Waals surface area contributed by atoms with Crippen molar-refractivity contribution < 1.29 is 29.0 Å². The predicted molar refractivity (Wildman–Crippen MR) is 160 cm³/mol. The molecule has 11 nitrogen and oxygen atoms in total. The zero-order chi connectivity index (χ0) is 30.9. The summed E-state index contributed by atoms with van der Waals surface area (Å²) in [4.78, 5) is 56.1. The number of hydrogen-bond acceptors (Lipinski definition) is 6. The van der Waals surface area contributed by atoms with Crippen LogP contribution in [-0.4, -0.2) is 63.6 Å². The van der Waals surface area contributed by atoms with Crippen molar-refractivity contribution in [3.8, 4) is 5.75 Å². The third-order valence-electron chi connectivity index (χ3n) is 8.30. The first-order chi connectivity index (χ1) is 20.4. The van der Waals surface area contributed by atoms with Crippen molar-refractivity contribution in [1.29, 1.82) is 0 Å². The molecule has 226 valence electrons. The molecular weight excluding hydrogens is 550 g/mol. The first-order valence-corrected chi connectivity index (χ1v) is 14.4. The van der Waals surface area contributed by atoms with Crippen LogP contribution in [0.5, 0.6) is 5.75 Å². The Labute approximate surface area is 250 Å². The predicted octanol–water partition coefficient (Wildman–Crippen LogP) is 4.23. The van der Waals surface area contributed by atoms with Crippen LogP contribution in [0.2, 0.25) is 0 Å². The summed E-state index contributed by atoms with van der Waals surface area (Å²) in [5.41, 5.74) is 2.80. The molecule has 1 aromatic heterocycles. The number of nitrogens with zero attached hydrogens (tertiary/aromatic N) is 2. The van der Waals surface area contributed by atoms with E-state index in [0.29, 0.717) is 30.8 Å². The van der Waals surface area contributed by atoms with Crippen molar-refractivity contribution in [3.05, 3.63) is 71.4 Å². The summed E-state index contributed by atoms with van der Waals surface area (Å²) in [6.07, 6.45) is -0.143. The molecule has 2 unspecified atom stereocenters. The lowest BCUT2D eigenvalue weighted by molar-refractivity contribution is -0.121. The molecule has 0 radical (unpaired) electrons. The standard InChI is InChI=1S/C32H37N5O6/c1-18-15-21(23-7-5-6-8-24(23)33-18)17-43-22-11-9-19(10-12-22)28(38)34-26(27-29(39)36-30(40)35-27)20-13-14-37(31(41)42)25(16-20)32(2,3)4/h5-12,15,20,25-27H,13-14,16-17H2,1-4H3,(H,34,38)(H,41,42)(H2,35,36,39,40)/t20-,25-,26?,27?/m0/s1. The third-order valence-corrected chi connectivity index (χ3v) is 8.30. The van der Waals surface area contributed by atoms with Gasteiger partial charge in [-0.15, -0.1) is 0 Å². The summed E-state index contributed by atoms with van der Waals surface area (Å²) >= 11 is 0. The van der Waals surface area contributed by atoms with Gasteiger partial charge in [0.25, 0.3) is 11.8 Å². The van der Waals surface area contributed by atoms with Gasteiger partial charge in [0.1, 0.15) is 18.4 Å². The Kier molecular flexibility index (Phi) is 8.25. The largest absolute Gasteiger partial charge is 0.489 e. The Balaban J connectivity index is 1.31. The molecule has 4 N–H and O–H groups in total. The van der Waals surface area contributed by atoms with Crippen LogP contribution in [0.1, 0.15) is 55.2 Å². The number of hydrogen-bond donors (Lipinski definition) is 4. The summed E-state index contributed by atoms with van der Waals surface area (Å²) in [7, 11) is 0. The number of fused-ring (bicyclic) bond motifs is 1. The molecule has 2 saturated heterocycles. The first kappa shape index (κ1) is 29.8. The number of nitrogens with one attached hydrogen (secondary N) is 3. The number of pyridine rings is 1. The van der Waals surface area contributed by atoms with Crippen LogP contribution in [0, 0.1) is 18.3 Å². The summed E-state index contributed by atoms with van der Waals surface area (Å²) in [5, 5.41) is 18.7. The fraction of sp³-hybridized carbons (Fsp3) is 0.406. The second-order valence-electron chi connectivity index (χ2n) is 12.3. The number of benzene rings is 2. The monoisotopic (exact) mass is 587 g/mol. The van der Waals surface area contributed by atoms with Crippen molar-refractivity contribution >= 4 is 34.8 Å². The molecule has 0 spiro atoms. The van der Waals surface area contributed by atoms with Crippen molar-refractivity contribution in [2.24, 2.45) is 11.3 Å². The van der Waals surface area contributed by atoms with Gasteiger partial charge >= 0.3 is 12.1 Å². The van der Waals surface area contributed by atoms with Crippen molar-refractivity contribution in [3.63, 3.8) is 0 Å². The molecule has 4 atom stereocenters. The molecule has 5 rings (SSSR count). The number of urea groups is 1. The molecule has 2 fully saturated rings. The molecule has 0 bridgehead atoms. The topological polar surface area (TPSA) is 150 Å². The van der Waals surface area contributed by atoms with E-state index < -0.39 is 36.0 Å². The normalized spacial score (nSPS) is 21.2. The maximum absolute atomic E-state index is 13.5. The molecule has 2 aliphatic heterocycles. The van der Waals surface area contributed by atoms with Gasteiger partial charge < -0.3 is 25.4 Å².